The summed E-state index contributed by atoms with van der Waals surface area (Å²) >= 11 is 7.58. The van der Waals surface area contributed by atoms with Gasteiger partial charge in [0.1, 0.15) is 5.82 Å². The van der Waals surface area contributed by atoms with Crippen LogP contribution in [-0.4, -0.2) is 38.3 Å². The lowest BCUT2D eigenvalue weighted by molar-refractivity contribution is -0.141. The Hall–Kier alpha value is -2.88. The molecule has 10 heteroatoms. The molecule has 2 aromatic heterocycles. The highest BCUT2D eigenvalue weighted by Gasteiger charge is 2.50. The minimum Gasteiger partial charge on any atom is -0.378 e. The van der Waals surface area contributed by atoms with Crippen molar-refractivity contribution in [2.45, 2.75) is 62.5 Å². The molecule has 1 amide bonds. The van der Waals surface area contributed by atoms with Gasteiger partial charge in [0.05, 0.1) is 23.2 Å². The molecule has 0 bridgehead atoms. The van der Waals surface area contributed by atoms with Crippen LogP contribution in [0, 0.1) is 0 Å². The number of amides is 1. The summed E-state index contributed by atoms with van der Waals surface area (Å²) < 4.78 is 27.1. The Labute approximate surface area is 227 Å². The molecular weight excluding hydrogens is 532 g/mol. The number of nitrogens with one attached hydrogen (secondary N) is 1. The third kappa shape index (κ3) is 4.61. The predicted molar refractivity (Wildman–Crippen MR) is 141 cm³/mol. The maximum absolute atomic E-state index is 13.6. The van der Waals surface area contributed by atoms with Crippen LogP contribution in [0.15, 0.2) is 46.6 Å². The van der Waals surface area contributed by atoms with Gasteiger partial charge in [-0.05, 0) is 59.5 Å². The molecule has 1 atom stereocenters. The number of thiophene rings is 1. The number of carbonyl (C=O) groups excluding carboxylic acids is 1. The molecule has 6 nitrogen and oxygen atoms in total. The van der Waals surface area contributed by atoms with Gasteiger partial charge in [0, 0.05) is 35.7 Å². The van der Waals surface area contributed by atoms with Gasteiger partial charge in [-0.3, -0.25) is 9.59 Å². The first-order valence-electron chi connectivity index (χ1n) is 12.7. The standard InChI is InChI=1S/C28H26ClF2N3O3S/c29-19-3-1-2-17(12-19)23(35)25(37)34-11-6-21-20(14-34)24(36)33-26(32-21)27(9-10-27)22-13-18(15-38-22)16-4-7-28(30,31)8-5-16/h1-4,12-13,15,23,35H,5-11,14H2,(H,32,33,36)/t23-/m1/s1. The van der Waals surface area contributed by atoms with E-state index in [4.69, 9.17) is 16.6 Å². The molecule has 3 aromatic rings. The smallest absolute Gasteiger partial charge is 0.256 e. The molecule has 0 unspecified atom stereocenters. The number of aromatic amines is 1. The van der Waals surface area contributed by atoms with Crippen molar-refractivity contribution in [1.82, 2.24) is 14.9 Å². The number of halogens is 3. The molecule has 3 heterocycles. The Morgan fingerprint density at radius 2 is 2.03 bits per heavy atom. The number of allylic oxidation sites excluding steroid dienone is 2. The highest BCUT2D eigenvalue weighted by atomic mass is 35.5. The molecular formula is C28H26ClF2N3O3S. The summed E-state index contributed by atoms with van der Waals surface area (Å²) in [4.78, 5) is 36.5. The summed E-state index contributed by atoms with van der Waals surface area (Å²) in [5, 5.41) is 13.0. The molecule has 1 saturated carbocycles. The van der Waals surface area contributed by atoms with E-state index in [1.165, 1.54) is 4.90 Å². The van der Waals surface area contributed by atoms with Crippen LogP contribution in [0.25, 0.3) is 5.57 Å². The van der Waals surface area contributed by atoms with E-state index in [1.807, 2.05) is 5.38 Å². The number of aliphatic hydroxyl groups excluding tert-OH is 1. The van der Waals surface area contributed by atoms with E-state index >= 15 is 0 Å². The minimum absolute atomic E-state index is 0.0728. The summed E-state index contributed by atoms with van der Waals surface area (Å²) in [6.45, 7) is 0.414. The fraction of sp³-hybridized carbons (Fsp3) is 0.393. The fourth-order valence-corrected chi connectivity index (χ4v) is 6.76. The molecule has 3 aliphatic rings. The highest BCUT2D eigenvalue weighted by Crippen LogP contribution is 2.54. The molecule has 2 N–H and O–H groups in total. The SMILES string of the molecule is O=C([C@H](O)c1cccc(Cl)c1)N1CCc2nc(C3(c4cc(C5=CCC(F)(F)CC5)cs4)CC3)[nH]c(=O)c2C1. The molecule has 0 spiro atoms. The number of rotatable bonds is 5. The van der Waals surface area contributed by atoms with Crippen molar-refractivity contribution in [3.63, 3.8) is 0 Å². The third-order valence-corrected chi connectivity index (χ3v) is 9.20. The zero-order valence-electron chi connectivity index (χ0n) is 20.5. The molecule has 0 radical (unpaired) electrons. The second kappa shape index (κ2) is 9.39. The zero-order chi connectivity index (χ0) is 26.7. The average Bonchev–Trinajstić information content (AvgIpc) is 3.57. The quantitative estimate of drug-likeness (QED) is 0.441. The lowest BCUT2D eigenvalue weighted by Crippen LogP contribution is -2.42. The number of H-pyrrole nitrogens is 1. The fourth-order valence-electron chi connectivity index (χ4n) is 5.37. The topological polar surface area (TPSA) is 86.3 Å². The average molecular weight is 558 g/mol. The number of fused-ring (bicyclic) bond motifs is 1. The number of carbonyl (C=O) groups is 1. The van der Waals surface area contributed by atoms with Crippen molar-refractivity contribution in [3.05, 3.63) is 90.3 Å². The summed E-state index contributed by atoms with van der Waals surface area (Å²) in [6.07, 6.45) is 2.38. The Morgan fingerprint density at radius 1 is 1.21 bits per heavy atom. The van der Waals surface area contributed by atoms with Crippen LogP contribution in [0.2, 0.25) is 5.02 Å². The first-order chi connectivity index (χ1) is 18.1. The summed E-state index contributed by atoms with van der Waals surface area (Å²) in [5.41, 5.74) is 2.78. The van der Waals surface area contributed by atoms with E-state index in [-0.39, 0.29) is 30.4 Å². The van der Waals surface area contributed by atoms with E-state index in [2.05, 4.69) is 11.1 Å². The van der Waals surface area contributed by atoms with E-state index in [1.54, 1.807) is 41.7 Å². The van der Waals surface area contributed by atoms with Gasteiger partial charge in [-0.25, -0.2) is 13.8 Å². The minimum atomic E-state index is -2.62. The lowest BCUT2D eigenvalue weighted by atomic mass is 9.92. The van der Waals surface area contributed by atoms with Crippen molar-refractivity contribution < 1.29 is 18.7 Å². The molecule has 1 fully saturated rings. The first-order valence-corrected chi connectivity index (χ1v) is 13.9. The van der Waals surface area contributed by atoms with E-state index < -0.39 is 17.9 Å². The third-order valence-electron chi connectivity index (χ3n) is 7.83. The molecule has 0 saturated heterocycles. The van der Waals surface area contributed by atoms with E-state index in [0.717, 1.165) is 28.9 Å². The Morgan fingerprint density at radius 3 is 2.74 bits per heavy atom. The zero-order valence-corrected chi connectivity index (χ0v) is 22.0. The van der Waals surface area contributed by atoms with Crippen molar-refractivity contribution in [1.29, 1.82) is 0 Å². The maximum atomic E-state index is 13.6. The molecule has 198 valence electrons. The number of hydrogen-bond acceptors (Lipinski definition) is 5. The van der Waals surface area contributed by atoms with Crippen LogP contribution < -0.4 is 5.56 Å². The summed E-state index contributed by atoms with van der Waals surface area (Å²) in [6, 6.07) is 8.58. The monoisotopic (exact) mass is 557 g/mol. The molecule has 6 rings (SSSR count). The lowest BCUT2D eigenvalue weighted by Gasteiger charge is -2.30. The number of nitrogens with zero attached hydrogens (tertiary/aromatic N) is 2. The van der Waals surface area contributed by atoms with Gasteiger partial charge in [-0.15, -0.1) is 11.3 Å². The van der Waals surface area contributed by atoms with Crippen LogP contribution in [0.5, 0.6) is 0 Å². The molecule has 2 aliphatic carbocycles. The van der Waals surface area contributed by atoms with Gasteiger partial charge in [0.25, 0.3) is 17.4 Å². The van der Waals surface area contributed by atoms with Gasteiger partial charge >= 0.3 is 0 Å². The highest BCUT2D eigenvalue weighted by molar-refractivity contribution is 7.10. The van der Waals surface area contributed by atoms with Gasteiger partial charge in [-0.2, -0.15) is 0 Å². The Balaban J connectivity index is 1.22. The van der Waals surface area contributed by atoms with E-state index in [0.29, 0.717) is 47.1 Å². The number of aromatic nitrogens is 2. The van der Waals surface area contributed by atoms with Crippen LogP contribution >= 0.6 is 22.9 Å². The molecule has 1 aliphatic heterocycles. The van der Waals surface area contributed by atoms with Gasteiger partial charge in [-0.1, -0.05) is 29.8 Å². The van der Waals surface area contributed by atoms with Gasteiger partial charge in [0.15, 0.2) is 6.10 Å². The van der Waals surface area contributed by atoms with Crippen LogP contribution in [-0.2, 0) is 23.2 Å². The van der Waals surface area contributed by atoms with Gasteiger partial charge < -0.3 is 15.0 Å². The van der Waals surface area contributed by atoms with Gasteiger partial charge in [0.2, 0.25) is 0 Å². The number of benzene rings is 1. The van der Waals surface area contributed by atoms with Crippen molar-refractivity contribution >= 4 is 34.4 Å². The predicted octanol–water partition coefficient (Wildman–Crippen LogP) is 5.39. The van der Waals surface area contributed by atoms with Crippen LogP contribution in [0.3, 0.4) is 0 Å². The largest absolute Gasteiger partial charge is 0.378 e. The Kier molecular flexibility index (Phi) is 6.28. The second-order valence-corrected chi connectivity index (χ2v) is 11.7. The maximum Gasteiger partial charge on any atom is 0.256 e. The van der Waals surface area contributed by atoms with Crippen LogP contribution in [0.1, 0.15) is 71.3 Å². The van der Waals surface area contributed by atoms with E-state index in [9.17, 15) is 23.5 Å². The van der Waals surface area contributed by atoms with Crippen molar-refractivity contribution in [2.24, 2.45) is 0 Å². The molecule has 1 aromatic carbocycles. The second-order valence-electron chi connectivity index (χ2n) is 10.4. The normalized spacial score (nSPS) is 20.4. The van der Waals surface area contributed by atoms with Crippen LogP contribution in [0.4, 0.5) is 8.78 Å². The first kappa shape index (κ1) is 25.4. The summed E-state index contributed by atoms with van der Waals surface area (Å²) in [5.74, 6) is -2.49. The number of aliphatic hydroxyl groups is 1. The summed E-state index contributed by atoms with van der Waals surface area (Å²) in [7, 11) is 0. The van der Waals surface area contributed by atoms with Crippen molar-refractivity contribution in [3.8, 4) is 0 Å². The van der Waals surface area contributed by atoms with Crippen molar-refractivity contribution in [2.75, 3.05) is 6.54 Å². The molecule has 38 heavy (non-hydrogen) atoms. The number of hydrogen-bond donors (Lipinski definition) is 2. The Bertz CT molecular complexity index is 1510. The number of alkyl halides is 2.